The number of nitrogens with zero attached hydrogens (tertiary/aromatic N) is 3. The molecule has 2 unspecified atom stereocenters. The molecule has 0 aromatic carbocycles. The number of hydrogen-bond donors (Lipinski definition) is 1. The summed E-state index contributed by atoms with van der Waals surface area (Å²) in [6, 6.07) is 0.347. The lowest BCUT2D eigenvalue weighted by atomic mass is 9.85. The van der Waals surface area contributed by atoms with Crippen LogP contribution in [0.2, 0.25) is 0 Å². The summed E-state index contributed by atoms with van der Waals surface area (Å²) < 4.78 is 1.86. The molecular formula is C9H16N4. The quantitative estimate of drug-likeness (QED) is 0.688. The van der Waals surface area contributed by atoms with Crippen molar-refractivity contribution in [3.63, 3.8) is 0 Å². The summed E-state index contributed by atoms with van der Waals surface area (Å²) in [6.45, 7) is 2.25. The Morgan fingerprint density at radius 1 is 1.69 bits per heavy atom. The number of rotatable bonds is 1. The van der Waals surface area contributed by atoms with E-state index in [1.165, 1.54) is 5.69 Å². The van der Waals surface area contributed by atoms with E-state index in [0.717, 1.165) is 19.3 Å². The Kier molecular flexibility index (Phi) is 1.87. The highest BCUT2D eigenvalue weighted by Crippen LogP contribution is 2.39. The highest BCUT2D eigenvalue weighted by Gasteiger charge is 2.37. The zero-order chi connectivity index (χ0) is 9.47. The molecule has 1 aliphatic carbocycles. The molecule has 0 bridgehead atoms. The molecule has 0 spiro atoms. The second-order valence-electron chi connectivity index (χ2n) is 4.31. The second kappa shape index (κ2) is 2.80. The molecule has 4 heteroatoms. The van der Waals surface area contributed by atoms with Crippen LogP contribution in [0.3, 0.4) is 0 Å². The van der Waals surface area contributed by atoms with Crippen molar-refractivity contribution < 1.29 is 0 Å². The summed E-state index contributed by atoms with van der Waals surface area (Å²) in [4.78, 5) is 0. The standard InChI is InChI=1S/C9H16N4/c1-9(4-3-7(10)5-9)8-6-11-12-13(8)2/h6-7H,3-5,10H2,1-2H3. The van der Waals surface area contributed by atoms with Gasteiger partial charge in [0.25, 0.3) is 0 Å². The van der Waals surface area contributed by atoms with Gasteiger partial charge in [-0.25, -0.2) is 0 Å². The van der Waals surface area contributed by atoms with Gasteiger partial charge in [-0.2, -0.15) is 0 Å². The Hall–Kier alpha value is -0.900. The molecule has 1 fully saturated rings. The minimum absolute atomic E-state index is 0.192. The van der Waals surface area contributed by atoms with Crippen LogP contribution in [0.25, 0.3) is 0 Å². The van der Waals surface area contributed by atoms with Gasteiger partial charge in [-0.15, -0.1) is 5.10 Å². The average Bonchev–Trinajstić information content (AvgIpc) is 2.59. The van der Waals surface area contributed by atoms with Crippen LogP contribution in [-0.4, -0.2) is 21.0 Å². The van der Waals surface area contributed by atoms with Gasteiger partial charge in [0.05, 0.1) is 11.9 Å². The molecule has 4 nitrogen and oxygen atoms in total. The van der Waals surface area contributed by atoms with Crippen LogP contribution in [0.4, 0.5) is 0 Å². The molecule has 0 saturated heterocycles. The Labute approximate surface area is 78.1 Å². The van der Waals surface area contributed by atoms with E-state index in [9.17, 15) is 0 Å². The van der Waals surface area contributed by atoms with Gasteiger partial charge < -0.3 is 5.73 Å². The maximum Gasteiger partial charge on any atom is 0.0730 e. The Morgan fingerprint density at radius 3 is 2.92 bits per heavy atom. The minimum Gasteiger partial charge on any atom is -0.328 e. The molecule has 13 heavy (non-hydrogen) atoms. The predicted molar refractivity (Wildman–Crippen MR) is 50.2 cm³/mol. The Morgan fingerprint density at radius 2 is 2.46 bits per heavy atom. The Bertz CT molecular complexity index is 306. The molecule has 1 heterocycles. The summed E-state index contributed by atoms with van der Waals surface area (Å²) in [5.41, 5.74) is 7.32. The number of aryl methyl sites for hydroxylation is 1. The predicted octanol–water partition coefficient (Wildman–Crippen LogP) is 0.584. The van der Waals surface area contributed by atoms with Gasteiger partial charge in [0.1, 0.15) is 0 Å². The average molecular weight is 180 g/mol. The highest BCUT2D eigenvalue weighted by molar-refractivity contribution is 5.15. The first-order valence-electron chi connectivity index (χ1n) is 4.72. The first kappa shape index (κ1) is 8.69. The van der Waals surface area contributed by atoms with E-state index in [-0.39, 0.29) is 5.41 Å². The molecule has 1 saturated carbocycles. The number of nitrogens with two attached hydrogens (primary N) is 1. The number of aromatic nitrogens is 3. The van der Waals surface area contributed by atoms with E-state index < -0.39 is 0 Å². The smallest absolute Gasteiger partial charge is 0.0730 e. The van der Waals surface area contributed by atoms with Gasteiger partial charge in [-0.05, 0) is 19.3 Å². The van der Waals surface area contributed by atoms with Gasteiger partial charge in [-0.1, -0.05) is 12.1 Å². The van der Waals surface area contributed by atoms with Crippen molar-refractivity contribution in [2.24, 2.45) is 12.8 Å². The van der Waals surface area contributed by atoms with Crippen LogP contribution in [0.15, 0.2) is 6.20 Å². The van der Waals surface area contributed by atoms with Crippen LogP contribution in [-0.2, 0) is 12.5 Å². The molecule has 0 aliphatic heterocycles. The van der Waals surface area contributed by atoms with Crippen LogP contribution in [0.5, 0.6) is 0 Å². The maximum atomic E-state index is 5.92. The lowest BCUT2D eigenvalue weighted by Gasteiger charge is -2.22. The summed E-state index contributed by atoms with van der Waals surface area (Å²) in [5, 5.41) is 7.87. The van der Waals surface area contributed by atoms with Gasteiger partial charge in [0.2, 0.25) is 0 Å². The molecule has 2 N–H and O–H groups in total. The molecule has 0 radical (unpaired) electrons. The van der Waals surface area contributed by atoms with Crippen LogP contribution in [0.1, 0.15) is 31.9 Å². The maximum absolute atomic E-state index is 5.92. The molecule has 1 aliphatic rings. The van der Waals surface area contributed by atoms with Crippen LogP contribution in [0, 0.1) is 0 Å². The molecule has 0 amide bonds. The van der Waals surface area contributed by atoms with E-state index in [1.807, 2.05) is 17.9 Å². The van der Waals surface area contributed by atoms with Gasteiger partial charge >= 0.3 is 0 Å². The molecular weight excluding hydrogens is 164 g/mol. The Balaban J connectivity index is 2.30. The molecule has 1 aromatic rings. The lowest BCUT2D eigenvalue weighted by molar-refractivity contribution is 0.441. The summed E-state index contributed by atoms with van der Waals surface area (Å²) in [5.74, 6) is 0. The van der Waals surface area contributed by atoms with E-state index in [0.29, 0.717) is 6.04 Å². The second-order valence-corrected chi connectivity index (χ2v) is 4.31. The van der Waals surface area contributed by atoms with Crippen molar-refractivity contribution in [1.29, 1.82) is 0 Å². The fourth-order valence-electron chi connectivity index (χ4n) is 2.36. The van der Waals surface area contributed by atoms with E-state index in [2.05, 4.69) is 17.2 Å². The van der Waals surface area contributed by atoms with Crippen molar-refractivity contribution >= 4 is 0 Å². The largest absolute Gasteiger partial charge is 0.328 e. The highest BCUT2D eigenvalue weighted by atomic mass is 15.4. The first-order chi connectivity index (χ1) is 6.12. The fraction of sp³-hybridized carbons (Fsp3) is 0.778. The van der Waals surface area contributed by atoms with Crippen molar-refractivity contribution in [3.05, 3.63) is 11.9 Å². The minimum atomic E-state index is 0.192. The topological polar surface area (TPSA) is 56.7 Å². The van der Waals surface area contributed by atoms with E-state index in [1.54, 1.807) is 0 Å². The molecule has 1 aromatic heterocycles. The summed E-state index contributed by atoms with van der Waals surface area (Å²) in [7, 11) is 1.94. The third-order valence-electron chi connectivity index (χ3n) is 3.11. The molecule has 2 rings (SSSR count). The lowest BCUT2D eigenvalue weighted by Crippen LogP contribution is -2.25. The van der Waals surface area contributed by atoms with E-state index >= 15 is 0 Å². The van der Waals surface area contributed by atoms with Gasteiger partial charge in [0, 0.05) is 18.5 Å². The van der Waals surface area contributed by atoms with Crippen molar-refractivity contribution in [3.8, 4) is 0 Å². The third-order valence-corrected chi connectivity index (χ3v) is 3.11. The van der Waals surface area contributed by atoms with Crippen molar-refractivity contribution in [2.45, 2.75) is 37.6 Å². The normalized spacial score (nSPS) is 33.9. The van der Waals surface area contributed by atoms with Gasteiger partial charge in [0.15, 0.2) is 0 Å². The zero-order valence-electron chi connectivity index (χ0n) is 8.20. The zero-order valence-corrected chi connectivity index (χ0v) is 8.20. The third kappa shape index (κ3) is 1.35. The monoisotopic (exact) mass is 180 g/mol. The number of hydrogen-bond acceptors (Lipinski definition) is 3. The SMILES string of the molecule is Cn1nncc1C1(C)CCC(N)C1. The summed E-state index contributed by atoms with van der Waals surface area (Å²) >= 11 is 0. The fourth-order valence-corrected chi connectivity index (χ4v) is 2.36. The van der Waals surface area contributed by atoms with E-state index in [4.69, 9.17) is 5.73 Å². The van der Waals surface area contributed by atoms with Crippen molar-refractivity contribution in [1.82, 2.24) is 15.0 Å². The van der Waals surface area contributed by atoms with Crippen molar-refractivity contribution in [2.75, 3.05) is 0 Å². The first-order valence-corrected chi connectivity index (χ1v) is 4.72. The molecule has 2 atom stereocenters. The summed E-state index contributed by atoms with van der Waals surface area (Å²) in [6.07, 6.45) is 5.17. The molecule has 72 valence electrons. The van der Waals surface area contributed by atoms with Crippen LogP contribution >= 0.6 is 0 Å². The van der Waals surface area contributed by atoms with Gasteiger partial charge in [-0.3, -0.25) is 4.68 Å². The van der Waals surface area contributed by atoms with Crippen LogP contribution < -0.4 is 5.73 Å².